The fourth-order valence-electron chi connectivity index (χ4n) is 3.34. The molecule has 0 saturated carbocycles. The van der Waals surface area contributed by atoms with Crippen LogP contribution in [-0.4, -0.2) is 60.2 Å². The molecule has 0 atom stereocenters. The molecule has 1 amide bonds. The molecule has 8 nitrogen and oxygen atoms in total. The molecule has 1 aromatic carbocycles. The largest absolute Gasteiger partial charge is 0.493 e. The lowest BCUT2D eigenvalue weighted by molar-refractivity contribution is 0.0779. The molecular weight excluding hydrogens is 382 g/mol. The van der Waals surface area contributed by atoms with Gasteiger partial charge in [-0.2, -0.15) is 0 Å². The highest BCUT2D eigenvalue weighted by Gasteiger charge is 2.21. The Balaban J connectivity index is 0.00000280. The minimum Gasteiger partial charge on any atom is -0.493 e. The summed E-state index contributed by atoms with van der Waals surface area (Å²) in [7, 11) is 4.98. The van der Waals surface area contributed by atoms with Gasteiger partial charge in [-0.25, -0.2) is 4.68 Å². The Kier molecular flexibility index (Phi) is 7.65. The van der Waals surface area contributed by atoms with Crippen LogP contribution in [0, 0.1) is 6.92 Å². The Morgan fingerprint density at radius 2 is 1.89 bits per heavy atom. The average Bonchev–Trinajstić information content (AvgIpc) is 3.19. The molecule has 2 heterocycles. The quantitative estimate of drug-likeness (QED) is 0.787. The van der Waals surface area contributed by atoms with Crippen LogP contribution in [0.5, 0.6) is 11.5 Å². The Labute approximate surface area is 171 Å². The molecule has 1 aromatic heterocycles. The second-order valence-corrected chi connectivity index (χ2v) is 6.86. The van der Waals surface area contributed by atoms with Gasteiger partial charge in [0.15, 0.2) is 17.2 Å². The average molecular weight is 410 g/mol. The summed E-state index contributed by atoms with van der Waals surface area (Å²) in [4.78, 5) is 14.4. The predicted octanol–water partition coefficient (Wildman–Crippen LogP) is 2.22. The summed E-state index contributed by atoms with van der Waals surface area (Å²) in [5, 5.41) is 11.6. The van der Waals surface area contributed by atoms with E-state index in [1.165, 1.54) is 0 Å². The van der Waals surface area contributed by atoms with Crippen molar-refractivity contribution in [2.45, 2.75) is 32.4 Å². The molecule has 2 aromatic rings. The smallest absolute Gasteiger partial charge is 0.276 e. The van der Waals surface area contributed by atoms with E-state index in [1.54, 1.807) is 32.4 Å². The van der Waals surface area contributed by atoms with E-state index >= 15 is 0 Å². The first kappa shape index (κ1) is 22.0. The molecule has 1 aliphatic rings. The summed E-state index contributed by atoms with van der Waals surface area (Å²) in [6.45, 7) is 4.37. The number of nitrogens with one attached hydrogen (secondary N) is 1. The lowest BCUT2D eigenvalue weighted by Crippen LogP contribution is -2.29. The fraction of sp³-hybridized carbons (Fsp3) is 0.526. The van der Waals surface area contributed by atoms with Gasteiger partial charge in [0.05, 0.1) is 26.5 Å². The molecule has 1 N–H and O–H groups in total. The van der Waals surface area contributed by atoms with Crippen molar-refractivity contribution in [2.24, 2.45) is 0 Å². The standard InChI is InChI=1S/C19H27N5O3.ClH/c1-13-9-17(26-3)18(27-4)10-14(13)11-23(2)19(25)16-12-24(22-21-16)15-5-7-20-8-6-15;/h9-10,12,15,20H,5-8,11H2,1-4H3;1H. The highest BCUT2D eigenvalue weighted by molar-refractivity contribution is 5.91. The number of amides is 1. The van der Waals surface area contributed by atoms with Gasteiger partial charge in [0.1, 0.15) is 0 Å². The highest BCUT2D eigenvalue weighted by atomic mass is 35.5. The number of aryl methyl sites for hydroxylation is 1. The topological polar surface area (TPSA) is 81.5 Å². The van der Waals surface area contributed by atoms with E-state index in [0.717, 1.165) is 37.1 Å². The van der Waals surface area contributed by atoms with Crippen LogP contribution in [0.4, 0.5) is 0 Å². The number of hydrogen-bond acceptors (Lipinski definition) is 6. The van der Waals surface area contributed by atoms with Gasteiger partial charge in [-0.1, -0.05) is 5.21 Å². The van der Waals surface area contributed by atoms with Crippen LogP contribution < -0.4 is 14.8 Å². The second-order valence-electron chi connectivity index (χ2n) is 6.86. The fourth-order valence-corrected chi connectivity index (χ4v) is 3.34. The normalized spacial score (nSPS) is 14.3. The van der Waals surface area contributed by atoms with Crippen LogP contribution in [0.25, 0.3) is 0 Å². The van der Waals surface area contributed by atoms with Crippen molar-refractivity contribution in [3.05, 3.63) is 35.2 Å². The van der Waals surface area contributed by atoms with Gasteiger partial charge >= 0.3 is 0 Å². The zero-order valence-electron chi connectivity index (χ0n) is 16.8. The van der Waals surface area contributed by atoms with Gasteiger partial charge in [-0.3, -0.25) is 4.79 Å². The van der Waals surface area contributed by atoms with Crippen molar-refractivity contribution >= 4 is 18.3 Å². The summed E-state index contributed by atoms with van der Waals surface area (Å²) in [5.41, 5.74) is 2.40. The summed E-state index contributed by atoms with van der Waals surface area (Å²) in [6.07, 6.45) is 3.76. The lowest BCUT2D eigenvalue weighted by Gasteiger charge is -2.22. The van der Waals surface area contributed by atoms with E-state index in [0.29, 0.717) is 29.8 Å². The molecule has 0 spiro atoms. The third-order valence-corrected chi connectivity index (χ3v) is 5.01. The zero-order valence-corrected chi connectivity index (χ0v) is 17.6. The number of carbonyl (C=O) groups is 1. The molecular formula is C19H28ClN5O3. The summed E-state index contributed by atoms with van der Waals surface area (Å²) in [5.74, 6) is 1.18. The molecule has 1 saturated heterocycles. The molecule has 9 heteroatoms. The third-order valence-electron chi connectivity index (χ3n) is 5.01. The predicted molar refractivity (Wildman–Crippen MR) is 108 cm³/mol. The van der Waals surface area contributed by atoms with Crippen LogP contribution >= 0.6 is 12.4 Å². The second kappa shape index (κ2) is 9.75. The van der Waals surface area contributed by atoms with Crippen molar-refractivity contribution in [3.63, 3.8) is 0 Å². The Hall–Kier alpha value is -2.32. The molecule has 0 aliphatic carbocycles. The van der Waals surface area contributed by atoms with Gasteiger partial charge in [0, 0.05) is 13.6 Å². The van der Waals surface area contributed by atoms with Crippen molar-refractivity contribution in [1.29, 1.82) is 0 Å². The molecule has 0 bridgehead atoms. The lowest BCUT2D eigenvalue weighted by atomic mass is 10.1. The van der Waals surface area contributed by atoms with Crippen LogP contribution in [0.3, 0.4) is 0 Å². The first-order chi connectivity index (χ1) is 13.0. The Morgan fingerprint density at radius 1 is 1.25 bits per heavy atom. The maximum absolute atomic E-state index is 12.8. The molecule has 28 heavy (non-hydrogen) atoms. The maximum Gasteiger partial charge on any atom is 0.276 e. The minimum absolute atomic E-state index is 0. The van der Waals surface area contributed by atoms with Gasteiger partial charge in [-0.05, 0) is 56.1 Å². The van der Waals surface area contributed by atoms with Crippen LogP contribution in [-0.2, 0) is 6.54 Å². The molecule has 154 valence electrons. The van der Waals surface area contributed by atoms with Gasteiger partial charge in [0.2, 0.25) is 0 Å². The molecule has 0 radical (unpaired) electrons. The summed E-state index contributed by atoms with van der Waals surface area (Å²) < 4.78 is 12.5. The third kappa shape index (κ3) is 4.74. The number of nitrogens with zero attached hydrogens (tertiary/aromatic N) is 4. The number of ether oxygens (including phenoxy) is 2. The van der Waals surface area contributed by atoms with Gasteiger partial charge in [-0.15, -0.1) is 17.5 Å². The molecule has 3 rings (SSSR count). The van der Waals surface area contributed by atoms with Crippen LogP contribution in [0.15, 0.2) is 18.3 Å². The first-order valence-electron chi connectivity index (χ1n) is 9.13. The van der Waals surface area contributed by atoms with Gasteiger partial charge < -0.3 is 19.7 Å². The number of benzene rings is 1. The number of piperidine rings is 1. The number of hydrogen-bond donors (Lipinski definition) is 1. The maximum atomic E-state index is 12.8. The Morgan fingerprint density at radius 3 is 2.54 bits per heavy atom. The first-order valence-corrected chi connectivity index (χ1v) is 9.13. The number of methoxy groups -OCH3 is 2. The zero-order chi connectivity index (χ0) is 19.4. The summed E-state index contributed by atoms with van der Waals surface area (Å²) in [6, 6.07) is 4.13. The minimum atomic E-state index is -0.149. The molecule has 1 aliphatic heterocycles. The SMILES string of the molecule is COc1cc(C)c(CN(C)C(=O)c2cn(C3CCNCC3)nn2)cc1OC.Cl. The van der Waals surface area contributed by atoms with E-state index in [1.807, 2.05) is 23.7 Å². The van der Waals surface area contributed by atoms with E-state index in [2.05, 4.69) is 15.6 Å². The van der Waals surface area contributed by atoms with Crippen molar-refractivity contribution < 1.29 is 14.3 Å². The number of aromatic nitrogens is 3. The van der Waals surface area contributed by atoms with E-state index in [9.17, 15) is 4.79 Å². The Bertz CT molecular complexity index is 805. The van der Waals surface area contributed by atoms with E-state index in [-0.39, 0.29) is 18.3 Å². The van der Waals surface area contributed by atoms with Crippen LogP contribution in [0.1, 0.15) is 40.5 Å². The monoisotopic (exact) mass is 409 g/mol. The van der Waals surface area contributed by atoms with Crippen molar-refractivity contribution in [3.8, 4) is 11.5 Å². The summed E-state index contributed by atoms with van der Waals surface area (Å²) >= 11 is 0. The molecule has 1 fully saturated rings. The highest BCUT2D eigenvalue weighted by Crippen LogP contribution is 2.30. The molecule has 0 unspecified atom stereocenters. The van der Waals surface area contributed by atoms with Gasteiger partial charge in [0.25, 0.3) is 5.91 Å². The van der Waals surface area contributed by atoms with Crippen molar-refractivity contribution in [1.82, 2.24) is 25.2 Å². The number of carbonyl (C=O) groups excluding carboxylic acids is 1. The van der Waals surface area contributed by atoms with E-state index in [4.69, 9.17) is 9.47 Å². The van der Waals surface area contributed by atoms with Crippen molar-refractivity contribution in [2.75, 3.05) is 34.4 Å². The van der Waals surface area contributed by atoms with Crippen LogP contribution in [0.2, 0.25) is 0 Å². The number of halogens is 1. The van der Waals surface area contributed by atoms with E-state index < -0.39 is 0 Å². The number of rotatable bonds is 6.